The maximum Gasteiger partial charge on any atom is 0.137 e. The van der Waals surface area contributed by atoms with E-state index in [9.17, 15) is 0 Å². The summed E-state index contributed by atoms with van der Waals surface area (Å²) in [4.78, 5) is 9.94. The van der Waals surface area contributed by atoms with E-state index in [0.29, 0.717) is 5.92 Å². The van der Waals surface area contributed by atoms with Gasteiger partial charge in [0.05, 0.1) is 0 Å². The first-order chi connectivity index (χ1) is 12.2. The van der Waals surface area contributed by atoms with Crippen LogP contribution in [0.5, 0.6) is 0 Å². The van der Waals surface area contributed by atoms with Gasteiger partial charge in [-0.3, -0.25) is 0 Å². The third-order valence-electron chi connectivity index (χ3n) is 5.02. The van der Waals surface area contributed by atoms with Crippen molar-refractivity contribution in [2.24, 2.45) is 0 Å². The van der Waals surface area contributed by atoms with Gasteiger partial charge in [0.2, 0.25) is 0 Å². The van der Waals surface area contributed by atoms with Crippen molar-refractivity contribution in [3.63, 3.8) is 0 Å². The highest BCUT2D eigenvalue weighted by atomic mass is 16.5. The topological polar surface area (TPSA) is 41.2 Å². The van der Waals surface area contributed by atoms with Gasteiger partial charge >= 0.3 is 0 Å². The third kappa shape index (κ3) is 3.46. The lowest BCUT2D eigenvalue weighted by Gasteiger charge is -2.26. The first-order valence-corrected chi connectivity index (χ1v) is 8.99. The summed E-state index contributed by atoms with van der Waals surface area (Å²) in [6.45, 7) is 2.71. The number of rotatable bonds is 4. The zero-order valence-corrected chi connectivity index (χ0v) is 15.0. The van der Waals surface area contributed by atoms with Gasteiger partial charge in [-0.25, -0.2) is 4.98 Å². The van der Waals surface area contributed by atoms with Gasteiger partial charge in [0.15, 0.2) is 0 Å². The van der Waals surface area contributed by atoms with Gasteiger partial charge < -0.3 is 14.6 Å². The molecule has 1 aromatic carbocycles. The molecule has 4 rings (SSSR count). The Balaban J connectivity index is 1.73. The molecule has 0 amide bonds. The van der Waals surface area contributed by atoms with Gasteiger partial charge in [-0.1, -0.05) is 12.1 Å². The van der Waals surface area contributed by atoms with Gasteiger partial charge in [0, 0.05) is 43.1 Å². The maximum atomic E-state index is 5.55. The summed E-state index contributed by atoms with van der Waals surface area (Å²) in [7, 11) is 4.27. The van der Waals surface area contributed by atoms with Crippen molar-refractivity contribution < 1.29 is 4.74 Å². The van der Waals surface area contributed by atoms with E-state index in [-0.39, 0.29) is 0 Å². The van der Waals surface area contributed by atoms with E-state index in [2.05, 4.69) is 59.3 Å². The van der Waals surface area contributed by atoms with Crippen LogP contribution in [0, 0.1) is 0 Å². The van der Waals surface area contributed by atoms with Crippen LogP contribution in [0.4, 0.5) is 0 Å². The van der Waals surface area contributed by atoms with Gasteiger partial charge in [0.1, 0.15) is 5.65 Å². The summed E-state index contributed by atoms with van der Waals surface area (Å²) >= 11 is 0. The summed E-state index contributed by atoms with van der Waals surface area (Å²) in [5, 5.41) is 1.15. The molecule has 3 heterocycles. The van der Waals surface area contributed by atoms with E-state index in [4.69, 9.17) is 4.74 Å². The van der Waals surface area contributed by atoms with Crippen molar-refractivity contribution in [3.05, 3.63) is 53.9 Å². The Hall–Kier alpha value is -2.17. The fraction of sp³-hybridized carbons (Fsp3) is 0.381. The first kappa shape index (κ1) is 16.3. The van der Waals surface area contributed by atoms with Crippen molar-refractivity contribution in [1.29, 1.82) is 0 Å². The molecule has 0 atom stereocenters. The lowest BCUT2D eigenvalue weighted by Crippen LogP contribution is -2.18. The average molecular weight is 335 g/mol. The molecule has 4 heteroatoms. The number of H-pyrrole nitrogens is 1. The molecule has 1 aliphatic rings. The molecule has 0 bridgehead atoms. The quantitative estimate of drug-likeness (QED) is 0.777. The second kappa shape index (κ2) is 6.98. The van der Waals surface area contributed by atoms with Crippen LogP contribution >= 0.6 is 0 Å². The van der Waals surface area contributed by atoms with E-state index in [0.717, 1.165) is 43.6 Å². The van der Waals surface area contributed by atoms with E-state index < -0.39 is 0 Å². The Bertz CT molecular complexity index is 862. The molecule has 0 radical (unpaired) electrons. The summed E-state index contributed by atoms with van der Waals surface area (Å²) in [5.74, 6) is 0.614. The molecular formula is C21H25N3O. The predicted molar refractivity (Wildman–Crippen MR) is 102 cm³/mol. The Kier molecular flexibility index (Phi) is 4.55. The highest BCUT2D eigenvalue weighted by Crippen LogP contribution is 2.33. The minimum Gasteiger partial charge on any atom is -0.381 e. The number of ether oxygens (including phenoxy) is 1. The molecule has 130 valence electrons. The van der Waals surface area contributed by atoms with Gasteiger partial charge in [-0.15, -0.1) is 0 Å². The molecule has 0 saturated carbocycles. The number of hydrogen-bond donors (Lipinski definition) is 1. The molecule has 0 spiro atoms. The van der Waals surface area contributed by atoms with E-state index >= 15 is 0 Å². The largest absolute Gasteiger partial charge is 0.381 e. The zero-order valence-electron chi connectivity index (χ0n) is 15.0. The molecule has 3 aromatic rings. The molecule has 0 aliphatic carbocycles. The first-order valence-electron chi connectivity index (χ1n) is 8.99. The van der Waals surface area contributed by atoms with E-state index in [1.165, 1.54) is 22.3 Å². The van der Waals surface area contributed by atoms with Crippen LogP contribution in [-0.4, -0.2) is 42.2 Å². The summed E-state index contributed by atoms with van der Waals surface area (Å²) in [6, 6.07) is 11.2. The third-order valence-corrected chi connectivity index (χ3v) is 5.02. The van der Waals surface area contributed by atoms with Crippen LogP contribution in [-0.2, 0) is 11.3 Å². The van der Waals surface area contributed by atoms with Crippen molar-refractivity contribution in [1.82, 2.24) is 14.9 Å². The number of nitrogens with zero attached hydrogens (tertiary/aromatic N) is 2. The van der Waals surface area contributed by atoms with Crippen LogP contribution in [0.25, 0.3) is 22.2 Å². The van der Waals surface area contributed by atoms with Gasteiger partial charge in [-0.05, 0) is 67.7 Å². The fourth-order valence-electron chi connectivity index (χ4n) is 3.77. The number of aromatic amines is 1. The maximum absolute atomic E-state index is 5.55. The Morgan fingerprint density at radius 3 is 2.76 bits per heavy atom. The number of hydrogen-bond acceptors (Lipinski definition) is 3. The average Bonchev–Trinajstić information content (AvgIpc) is 3.09. The second-order valence-corrected chi connectivity index (χ2v) is 7.18. The SMILES string of the molecule is CN(C)Cc1cc(-c2cnc3[nH]ccc3c2)ccc1C1CCOCC1. The number of pyridine rings is 1. The van der Waals surface area contributed by atoms with Gasteiger partial charge in [0.25, 0.3) is 0 Å². The number of benzene rings is 1. The smallest absolute Gasteiger partial charge is 0.137 e. The number of nitrogens with one attached hydrogen (secondary N) is 1. The minimum absolute atomic E-state index is 0.614. The van der Waals surface area contributed by atoms with Crippen molar-refractivity contribution in [2.75, 3.05) is 27.3 Å². The predicted octanol–water partition coefficient (Wildman–Crippen LogP) is 4.19. The van der Waals surface area contributed by atoms with E-state index in [1.54, 1.807) is 0 Å². The molecule has 1 aliphatic heterocycles. The molecule has 4 nitrogen and oxygen atoms in total. The standard InChI is InChI=1S/C21H25N3O/c1-24(2)14-19-11-16(3-4-20(19)15-6-9-25-10-7-15)18-12-17-5-8-22-21(17)23-13-18/h3-5,8,11-13,15H,6-7,9-10,14H2,1-2H3,(H,22,23). The Morgan fingerprint density at radius 2 is 1.96 bits per heavy atom. The monoisotopic (exact) mass is 335 g/mol. The van der Waals surface area contributed by atoms with Crippen LogP contribution in [0.2, 0.25) is 0 Å². The highest BCUT2D eigenvalue weighted by molar-refractivity contribution is 5.81. The van der Waals surface area contributed by atoms with Crippen molar-refractivity contribution >= 4 is 11.0 Å². The number of fused-ring (bicyclic) bond motifs is 1. The van der Waals surface area contributed by atoms with Crippen LogP contribution in [0.1, 0.15) is 29.9 Å². The molecule has 2 aromatic heterocycles. The lowest BCUT2D eigenvalue weighted by atomic mass is 9.86. The molecule has 0 unspecified atom stereocenters. The van der Waals surface area contributed by atoms with E-state index in [1.807, 2.05) is 12.4 Å². The Morgan fingerprint density at radius 1 is 1.12 bits per heavy atom. The summed E-state index contributed by atoms with van der Waals surface area (Å²) in [6.07, 6.45) is 6.14. The molecule has 1 saturated heterocycles. The summed E-state index contributed by atoms with van der Waals surface area (Å²) in [5.41, 5.74) is 6.25. The molecule has 1 fully saturated rings. The van der Waals surface area contributed by atoms with Crippen LogP contribution in [0.15, 0.2) is 42.7 Å². The minimum atomic E-state index is 0.614. The molecule has 1 N–H and O–H groups in total. The lowest BCUT2D eigenvalue weighted by molar-refractivity contribution is 0.0850. The molecule has 25 heavy (non-hydrogen) atoms. The molecular weight excluding hydrogens is 310 g/mol. The van der Waals surface area contributed by atoms with Crippen molar-refractivity contribution in [3.8, 4) is 11.1 Å². The zero-order chi connectivity index (χ0) is 17.2. The number of aromatic nitrogens is 2. The van der Waals surface area contributed by atoms with Crippen LogP contribution in [0.3, 0.4) is 0 Å². The van der Waals surface area contributed by atoms with Gasteiger partial charge in [-0.2, -0.15) is 0 Å². The second-order valence-electron chi connectivity index (χ2n) is 7.18. The fourth-order valence-corrected chi connectivity index (χ4v) is 3.77. The van der Waals surface area contributed by atoms with Crippen molar-refractivity contribution in [2.45, 2.75) is 25.3 Å². The summed E-state index contributed by atoms with van der Waals surface area (Å²) < 4.78 is 5.55. The highest BCUT2D eigenvalue weighted by Gasteiger charge is 2.19. The normalized spacial score (nSPS) is 16.0. The van der Waals surface area contributed by atoms with Crippen LogP contribution < -0.4 is 0 Å². The Labute approximate surface area is 148 Å².